The first kappa shape index (κ1) is 23.9. The summed E-state index contributed by atoms with van der Waals surface area (Å²) >= 11 is 1.20. The topological polar surface area (TPSA) is 74.1 Å². The summed E-state index contributed by atoms with van der Waals surface area (Å²) in [5.74, 6) is -1.50. The fourth-order valence-electron chi connectivity index (χ4n) is 4.07. The third-order valence-corrected chi connectivity index (χ3v) is 7.12. The highest BCUT2D eigenvalue weighted by atomic mass is 32.2. The number of benzene rings is 3. The van der Waals surface area contributed by atoms with Crippen molar-refractivity contribution in [3.05, 3.63) is 101 Å². The van der Waals surface area contributed by atoms with Gasteiger partial charge in [-0.1, -0.05) is 53.7 Å². The number of nitrogens with zero attached hydrogens (tertiary/aromatic N) is 3. The van der Waals surface area contributed by atoms with Crippen molar-refractivity contribution in [2.24, 2.45) is 10.1 Å². The maximum absolute atomic E-state index is 13.5. The van der Waals surface area contributed by atoms with E-state index < -0.39 is 17.0 Å². The minimum Gasteiger partial charge on any atom is -0.326 e. The van der Waals surface area contributed by atoms with Crippen molar-refractivity contribution in [1.82, 2.24) is 5.01 Å². The normalized spacial score (nSPS) is 19.3. The van der Waals surface area contributed by atoms with Crippen molar-refractivity contribution in [2.75, 3.05) is 5.32 Å². The molecule has 2 aliphatic rings. The largest absolute Gasteiger partial charge is 0.326 e. The molecule has 0 saturated heterocycles. The van der Waals surface area contributed by atoms with Gasteiger partial charge in [-0.15, -0.1) is 0 Å². The summed E-state index contributed by atoms with van der Waals surface area (Å²) in [5.41, 5.74) is 4.13. The molecule has 2 amide bonds. The molecule has 2 aliphatic heterocycles. The van der Waals surface area contributed by atoms with Crippen LogP contribution in [0.25, 0.3) is 0 Å². The van der Waals surface area contributed by atoms with Crippen LogP contribution in [0.2, 0.25) is 0 Å². The highest BCUT2D eigenvalue weighted by Crippen LogP contribution is 2.38. The highest BCUT2D eigenvalue weighted by molar-refractivity contribution is 8.15. The van der Waals surface area contributed by atoms with E-state index in [9.17, 15) is 18.4 Å². The average Bonchev–Trinajstić information content (AvgIpc) is 3.45. The molecule has 0 saturated carbocycles. The SMILES string of the molecule is Cc1ccc(C2CC(c3ccc(F)cc3)=NN2C2=NC(=O)C(CC(=O)Nc3ccc(F)cc3)S2)cc1. The summed E-state index contributed by atoms with van der Waals surface area (Å²) in [6.45, 7) is 2.01. The number of amides is 2. The molecular formula is C27H22F2N4O2S. The van der Waals surface area contributed by atoms with Crippen molar-refractivity contribution in [3.8, 4) is 0 Å². The molecule has 0 aromatic heterocycles. The number of nitrogens with one attached hydrogen (secondary N) is 1. The Kier molecular flexibility index (Phi) is 6.65. The van der Waals surface area contributed by atoms with E-state index in [1.165, 1.54) is 48.2 Å². The number of amidine groups is 1. The van der Waals surface area contributed by atoms with Gasteiger partial charge in [-0.25, -0.2) is 13.8 Å². The number of carbonyl (C=O) groups excluding carboxylic acids is 2. The van der Waals surface area contributed by atoms with Crippen molar-refractivity contribution >= 4 is 40.1 Å². The molecule has 1 N–H and O–H groups in total. The van der Waals surface area contributed by atoms with Gasteiger partial charge in [-0.3, -0.25) is 9.59 Å². The fraction of sp³-hybridized carbons (Fsp3) is 0.185. The van der Waals surface area contributed by atoms with E-state index in [2.05, 4.69) is 10.3 Å². The monoisotopic (exact) mass is 504 g/mol. The van der Waals surface area contributed by atoms with Gasteiger partial charge in [0.05, 0.1) is 11.8 Å². The molecule has 9 heteroatoms. The van der Waals surface area contributed by atoms with E-state index in [1.807, 2.05) is 31.2 Å². The zero-order valence-corrected chi connectivity index (χ0v) is 20.1. The quantitative estimate of drug-likeness (QED) is 0.501. The first-order chi connectivity index (χ1) is 17.4. The van der Waals surface area contributed by atoms with Crippen LogP contribution in [-0.2, 0) is 9.59 Å². The summed E-state index contributed by atoms with van der Waals surface area (Å²) in [7, 11) is 0. The molecule has 0 bridgehead atoms. The number of hydrogen-bond donors (Lipinski definition) is 1. The first-order valence-corrected chi connectivity index (χ1v) is 12.3. The van der Waals surface area contributed by atoms with Gasteiger partial charge in [0.15, 0.2) is 5.17 Å². The van der Waals surface area contributed by atoms with Crippen LogP contribution in [0.15, 0.2) is 82.9 Å². The second-order valence-electron chi connectivity index (χ2n) is 8.63. The van der Waals surface area contributed by atoms with Crippen molar-refractivity contribution in [3.63, 3.8) is 0 Å². The Labute approximate surface area is 211 Å². The fourth-order valence-corrected chi connectivity index (χ4v) is 5.13. The molecule has 0 aliphatic carbocycles. The van der Waals surface area contributed by atoms with Gasteiger partial charge in [0.1, 0.15) is 16.9 Å². The zero-order valence-electron chi connectivity index (χ0n) is 19.3. The smallest absolute Gasteiger partial charge is 0.262 e. The van der Waals surface area contributed by atoms with Gasteiger partial charge in [-0.05, 0) is 54.4 Å². The number of halogens is 2. The van der Waals surface area contributed by atoms with Crippen LogP contribution in [0, 0.1) is 18.6 Å². The summed E-state index contributed by atoms with van der Waals surface area (Å²) in [4.78, 5) is 29.4. The predicted molar refractivity (Wildman–Crippen MR) is 137 cm³/mol. The number of thioether (sulfide) groups is 1. The van der Waals surface area contributed by atoms with Crippen molar-refractivity contribution in [1.29, 1.82) is 0 Å². The van der Waals surface area contributed by atoms with E-state index >= 15 is 0 Å². The first-order valence-electron chi connectivity index (χ1n) is 11.4. The summed E-state index contributed by atoms with van der Waals surface area (Å²) in [6, 6.07) is 19.4. The number of anilines is 1. The van der Waals surface area contributed by atoms with E-state index in [1.54, 1.807) is 17.1 Å². The maximum atomic E-state index is 13.5. The van der Waals surface area contributed by atoms with Crippen molar-refractivity contribution in [2.45, 2.75) is 31.1 Å². The predicted octanol–water partition coefficient (Wildman–Crippen LogP) is 5.45. The molecule has 2 heterocycles. The van der Waals surface area contributed by atoms with Crippen LogP contribution >= 0.6 is 11.8 Å². The van der Waals surface area contributed by atoms with Crippen molar-refractivity contribution < 1.29 is 18.4 Å². The van der Waals surface area contributed by atoms with Gasteiger partial charge in [0.2, 0.25) is 5.91 Å². The number of aryl methyl sites for hydroxylation is 1. The van der Waals surface area contributed by atoms with E-state index in [-0.39, 0.29) is 24.2 Å². The minimum atomic E-state index is -0.691. The Bertz CT molecular complexity index is 1360. The van der Waals surface area contributed by atoms with Gasteiger partial charge >= 0.3 is 0 Å². The van der Waals surface area contributed by atoms with E-state index in [4.69, 9.17) is 5.10 Å². The summed E-state index contributed by atoms with van der Waals surface area (Å²) in [6.07, 6.45) is 0.476. The molecule has 0 fully saturated rings. The zero-order chi connectivity index (χ0) is 25.2. The van der Waals surface area contributed by atoms with Crippen LogP contribution in [0.3, 0.4) is 0 Å². The Morgan fingerprint density at radius 1 is 1.00 bits per heavy atom. The highest BCUT2D eigenvalue weighted by Gasteiger charge is 2.39. The lowest BCUT2D eigenvalue weighted by molar-refractivity contribution is -0.121. The Morgan fingerprint density at radius 3 is 2.31 bits per heavy atom. The van der Waals surface area contributed by atoms with Crippen LogP contribution in [-0.4, -0.2) is 33.0 Å². The number of carbonyl (C=O) groups is 2. The van der Waals surface area contributed by atoms with Gasteiger partial charge in [0, 0.05) is 18.5 Å². The summed E-state index contributed by atoms with van der Waals surface area (Å²) < 4.78 is 26.6. The van der Waals surface area contributed by atoms with E-state index in [0.717, 1.165) is 22.4 Å². The summed E-state index contributed by atoms with van der Waals surface area (Å²) in [5, 5.41) is 8.90. The Balaban J connectivity index is 1.35. The van der Waals surface area contributed by atoms with E-state index in [0.29, 0.717) is 17.3 Å². The molecule has 2 unspecified atom stereocenters. The second-order valence-corrected chi connectivity index (χ2v) is 9.80. The minimum absolute atomic E-state index is 0.0779. The molecule has 3 aromatic rings. The molecule has 3 aromatic carbocycles. The van der Waals surface area contributed by atoms with Gasteiger partial charge in [-0.2, -0.15) is 10.1 Å². The molecule has 5 rings (SSSR count). The standard InChI is InChI=1S/C27H22F2N4O2S/c1-16-2-4-18(5-3-16)23-14-22(17-6-8-19(28)9-7-17)32-33(23)27-31-26(35)24(36-27)15-25(34)30-21-12-10-20(29)11-13-21/h2-13,23-24H,14-15H2,1H3,(H,30,34). The third kappa shape index (κ3) is 5.21. The molecule has 0 spiro atoms. The van der Waals surface area contributed by atoms with Crippen LogP contribution in [0.4, 0.5) is 14.5 Å². The Morgan fingerprint density at radius 2 is 1.64 bits per heavy atom. The Hall–Kier alpha value is -3.85. The third-order valence-electron chi connectivity index (χ3n) is 5.97. The molecule has 2 atom stereocenters. The molecular weight excluding hydrogens is 482 g/mol. The van der Waals surface area contributed by atoms with Gasteiger partial charge in [0.25, 0.3) is 5.91 Å². The second kappa shape index (κ2) is 10.0. The average molecular weight is 505 g/mol. The van der Waals surface area contributed by atoms with Crippen LogP contribution < -0.4 is 5.32 Å². The van der Waals surface area contributed by atoms with Crippen LogP contribution in [0.1, 0.15) is 35.6 Å². The number of hydrazone groups is 1. The lowest BCUT2D eigenvalue weighted by atomic mass is 9.98. The molecule has 6 nitrogen and oxygen atoms in total. The number of hydrogen-bond acceptors (Lipinski definition) is 5. The molecule has 0 radical (unpaired) electrons. The molecule has 36 heavy (non-hydrogen) atoms. The number of rotatable bonds is 5. The lowest BCUT2D eigenvalue weighted by Crippen LogP contribution is -2.25. The van der Waals surface area contributed by atoms with Gasteiger partial charge < -0.3 is 5.32 Å². The number of aliphatic imine (C=N–C) groups is 1. The van der Waals surface area contributed by atoms with Crippen LogP contribution in [0.5, 0.6) is 0 Å². The maximum Gasteiger partial charge on any atom is 0.262 e. The lowest BCUT2D eigenvalue weighted by Gasteiger charge is -2.23. The molecule has 182 valence electrons.